The van der Waals surface area contributed by atoms with Crippen LogP contribution in [0, 0.1) is 0 Å². The Morgan fingerprint density at radius 3 is 2.85 bits per heavy atom. The Kier molecular flexibility index (Phi) is 4.54. The molecule has 0 spiro atoms. The highest BCUT2D eigenvalue weighted by molar-refractivity contribution is 5.77. The number of nitrogens with one attached hydrogen (secondary N) is 2. The number of hydrogen-bond donors (Lipinski definition) is 2. The maximum Gasteiger partial charge on any atom is 0.223 e. The summed E-state index contributed by atoms with van der Waals surface area (Å²) in [7, 11) is 0. The van der Waals surface area contributed by atoms with E-state index in [0.717, 1.165) is 25.6 Å². The molecule has 1 amide bonds. The molecule has 2 N–H and O–H groups in total. The van der Waals surface area contributed by atoms with Crippen LogP contribution in [0.5, 0.6) is 0 Å². The van der Waals surface area contributed by atoms with Crippen molar-refractivity contribution in [3.05, 3.63) is 12.7 Å². The van der Waals surface area contributed by atoms with Crippen molar-refractivity contribution in [3.8, 4) is 0 Å². The van der Waals surface area contributed by atoms with Gasteiger partial charge in [0.15, 0.2) is 0 Å². The molecule has 0 aromatic rings. The number of amides is 1. The van der Waals surface area contributed by atoms with Crippen LogP contribution in [0.4, 0.5) is 0 Å². The molecule has 0 bridgehead atoms. The van der Waals surface area contributed by atoms with Gasteiger partial charge in [-0.25, -0.2) is 0 Å². The second-order valence-corrected chi connectivity index (χ2v) is 3.42. The zero-order valence-corrected chi connectivity index (χ0v) is 8.01. The van der Waals surface area contributed by atoms with Gasteiger partial charge < -0.3 is 10.6 Å². The van der Waals surface area contributed by atoms with Gasteiger partial charge >= 0.3 is 0 Å². The molecule has 0 aliphatic heterocycles. The number of carbonyl (C=O) groups is 1. The summed E-state index contributed by atoms with van der Waals surface area (Å²) in [5.74, 6) is 0.0708. The molecule has 0 aromatic carbocycles. The summed E-state index contributed by atoms with van der Waals surface area (Å²) in [6.45, 7) is 5.29. The van der Waals surface area contributed by atoms with Gasteiger partial charge in [-0.05, 0) is 25.8 Å². The number of hydrogen-bond acceptors (Lipinski definition) is 2. The van der Waals surface area contributed by atoms with E-state index in [1.54, 1.807) is 6.08 Å². The first-order chi connectivity index (χ1) is 6.33. The summed E-state index contributed by atoms with van der Waals surface area (Å²) in [5, 5.41) is 6.22. The van der Waals surface area contributed by atoms with Crippen LogP contribution in [-0.4, -0.2) is 25.0 Å². The van der Waals surface area contributed by atoms with Crippen LogP contribution in [-0.2, 0) is 4.79 Å². The molecule has 0 saturated heterocycles. The predicted molar refractivity (Wildman–Crippen MR) is 53.5 cm³/mol. The zero-order valence-electron chi connectivity index (χ0n) is 8.01. The maximum absolute atomic E-state index is 10.9. The van der Waals surface area contributed by atoms with Gasteiger partial charge in [-0.15, -0.1) is 6.58 Å². The van der Waals surface area contributed by atoms with E-state index in [9.17, 15) is 4.79 Å². The van der Waals surface area contributed by atoms with Crippen molar-refractivity contribution in [1.29, 1.82) is 0 Å². The summed E-state index contributed by atoms with van der Waals surface area (Å²) < 4.78 is 0. The van der Waals surface area contributed by atoms with Crippen molar-refractivity contribution in [2.45, 2.75) is 31.7 Å². The van der Waals surface area contributed by atoms with Gasteiger partial charge in [0.1, 0.15) is 0 Å². The lowest BCUT2D eigenvalue weighted by molar-refractivity contribution is -0.120. The van der Waals surface area contributed by atoms with Gasteiger partial charge in [0, 0.05) is 19.0 Å². The van der Waals surface area contributed by atoms with Gasteiger partial charge in [-0.3, -0.25) is 4.79 Å². The largest absolute Gasteiger partial charge is 0.356 e. The lowest BCUT2D eigenvalue weighted by atomic mass is 10.3. The first kappa shape index (κ1) is 10.3. The van der Waals surface area contributed by atoms with Crippen LogP contribution < -0.4 is 10.6 Å². The minimum Gasteiger partial charge on any atom is -0.356 e. The molecule has 74 valence electrons. The minimum atomic E-state index is 0.0708. The molecule has 0 aromatic heterocycles. The summed E-state index contributed by atoms with van der Waals surface area (Å²) in [4.78, 5) is 10.9. The fourth-order valence-corrected chi connectivity index (χ4v) is 1.11. The summed E-state index contributed by atoms with van der Waals surface area (Å²) in [6.07, 6.45) is 5.71. The Morgan fingerprint density at radius 1 is 1.46 bits per heavy atom. The molecule has 0 radical (unpaired) electrons. The topological polar surface area (TPSA) is 41.1 Å². The Balaban J connectivity index is 1.81. The van der Waals surface area contributed by atoms with Crippen molar-refractivity contribution in [2.75, 3.05) is 13.1 Å². The fraction of sp³-hybridized carbons (Fsp3) is 0.700. The Morgan fingerprint density at radius 2 is 2.23 bits per heavy atom. The summed E-state index contributed by atoms with van der Waals surface area (Å²) >= 11 is 0. The lowest BCUT2D eigenvalue weighted by Gasteiger charge is -2.04. The average molecular weight is 182 g/mol. The molecule has 0 atom stereocenters. The van der Waals surface area contributed by atoms with Crippen molar-refractivity contribution in [1.82, 2.24) is 10.6 Å². The van der Waals surface area contributed by atoms with E-state index in [0.29, 0.717) is 6.42 Å². The first-order valence-electron chi connectivity index (χ1n) is 4.94. The van der Waals surface area contributed by atoms with E-state index in [4.69, 9.17) is 0 Å². The molecule has 1 rings (SSSR count). The average Bonchev–Trinajstić information content (AvgIpc) is 2.88. The minimum absolute atomic E-state index is 0.0708. The molecule has 3 heteroatoms. The molecular weight excluding hydrogens is 164 g/mol. The van der Waals surface area contributed by atoms with E-state index in [1.807, 2.05) is 0 Å². The highest BCUT2D eigenvalue weighted by atomic mass is 16.1. The van der Waals surface area contributed by atoms with Crippen LogP contribution in [0.1, 0.15) is 25.7 Å². The monoisotopic (exact) mass is 182 g/mol. The van der Waals surface area contributed by atoms with Gasteiger partial charge in [-0.2, -0.15) is 0 Å². The lowest BCUT2D eigenvalue weighted by Crippen LogP contribution is -2.27. The second kappa shape index (κ2) is 5.75. The maximum atomic E-state index is 10.9. The molecule has 0 heterocycles. The van der Waals surface area contributed by atoms with Crippen molar-refractivity contribution in [3.63, 3.8) is 0 Å². The van der Waals surface area contributed by atoms with Gasteiger partial charge in [0.25, 0.3) is 0 Å². The van der Waals surface area contributed by atoms with E-state index in [1.165, 1.54) is 12.8 Å². The Labute approximate surface area is 79.6 Å². The standard InChI is InChI=1S/C10H18N2O/c1-2-4-10(13)12-8-3-7-11-9-5-6-9/h2,9,11H,1,3-8H2,(H,12,13). The highest BCUT2D eigenvalue weighted by Gasteiger charge is 2.19. The van der Waals surface area contributed by atoms with Crippen LogP contribution in [0.3, 0.4) is 0 Å². The van der Waals surface area contributed by atoms with Crippen molar-refractivity contribution < 1.29 is 4.79 Å². The quantitative estimate of drug-likeness (QED) is 0.452. The molecule has 1 aliphatic carbocycles. The molecule has 3 nitrogen and oxygen atoms in total. The number of carbonyl (C=O) groups excluding carboxylic acids is 1. The van der Waals surface area contributed by atoms with Gasteiger partial charge in [-0.1, -0.05) is 6.08 Å². The van der Waals surface area contributed by atoms with Gasteiger partial charge in [0.05, 0.1) is 0 Å². The molecule has 1 saturated carbocycles. The van der Waals surface area contributed by atoms with Gasteiger partial charge in [0.2, 0.25) is 5.91 Å². The summed E-state index contributed by atoms with van der Waals surface area (Å²) in [6, 6.07) is 0.767. The van der Waals surface area contributed by atoms with E-state index in [-0.39, 0.29) is 5.91 Å². The summed E-state index contributed by atoms with van der Waals surface area (Å²) in [5.41, 5.74) is 0. The second-order valence-electron chi connectivity index (χ2n) is 3.42. The van der Waals surface area contributed by atoms with Crippen LogP contribution >= 0.6 is 0 Å². The molecule has 1 aliphatic rings. The van der Waals surface area contributed by atoms with Crippen molar-refractivity contribution in [2.24, 2.45) is 0 Å². The smallest absolute Gasteiger partial charge is 0.223 e. The van der Waals surface area contributed by atoms with Crippen LogP contribution in [0.25, 0.3) is 0 Å². The molecule has 1 fully saturated rings. The Hall–Kier alpha value is -0.830. The SMILES string of the molecule is C=CCC(=O)NCCCNC1CC1. The third kappa shape index (κ3) is 5.42. The molecule has 0 unspecified atom stereocenters. The third-order valence-electron chi connectivity index (χ3n) is 2.02. The molecular formula is C10H18N2O. The van der Waals surface area contributed by atoms with Crippen LogP contribution in [0.15, 0.2) is 12.7 Å². The van der Waals surface area contributed by atoms with E-state index < -0.39 is 0 Å². The molecule has 13 heavy (non-hydrogen) atoms. The Bertz CT molecular complexity index is 176. The van der Waals surface area contributed by atoms with Crippen LogP contribution in [0.2, 0.25) is 0 Å². The van der Waals surface area contributed by atoms with E-state index in [2.05, 4.69) is 17.2 Å². The van der Waals surface area contributed by atoms with E-state index >= 15 is 0 Å². The van der Waals surface area contributed by atoms with Crippen molar-refractivity contribution >= 4 is 5.91 Å². The fourth-order valence-electron chi connectivity index (χ4n) is 1.11. The highest BCUT2D eigenvalue weighted by Crippen LogP contribution is 2.18. The first-order valence-corrected chi connectivity index (χ1v) is 4.94. The third-order valence-corrected chi connectivity index (χ3v) is 2.02. The number of rotatable bonds is 7. The zero-order chi connectivity index (χ0) is 9.52. The normalized spacial score (nSPS) is 15.4. The predicted octanol–water partition coefficient (Wildman–Crippen LogP) is 0.821.